The zero-order chi connectivity index (χ0) is 31.5. The van der Waals surface area contributed by atoms with Crippen molar-refractivity contribution in [3.63, 3.8) is 0 Å². The van der Waals surface area contributed by atoms with Crippen LogP contribution in [0.25, 0.3) is 0 Å². The summed E-state index contributed by atoms with van der Waals surface area (Å²) in [6.45, 7) is 5.70. The Kier molecular flexibility index (Phi) is 19.7. The van der Waals surface area contributed by atoms with Gasteiger partial charge in [0.1, 0.15) is 0 Å². The molecule has 0 aliphatic heterocycles. The minimum atomic E-state index is -0.309. The van der Waals surface area contributed by atoms with Crippen LogP contribution in [0, 0.1) is 0 Å². The van der Waals surface area contributed by atoms with Crippen molar-refractivity contribution in [3.05, 3.63) is 145 Å². The molecule has 0 radical (unpaired) electrons. The third kappa shape index (κ3) is 16.1. The standard InChI is InChI=1S/C27H26P2.2C5H8O2.Pd/c1-5-14-24(15-6-1)28(25-16-7-2-8-17-25)22-13-23-29(26-18-9-3-10-19-26)27-20-11-4-12-21-27;2*1-4(6)3-5(2)7;/h1-12,14-21H,13,22-23H2;2*3,6H,1-2H3;/b;2*4-3-;. The van der Waals surface area contributed by atoms with Gasteiger partial charge in [-0.2, -0.15) is 0 Å². The molecule has 44 heavy (non-hydrogen) atoms. The van der Waals surface area contributed by atoms with Gasteiger partial charge in [-0.25, -0.2) is 0 Å². The van der Waals surface area contributed by atoms with Gasteiger partial charge in [0.05, 0.1) is 11.5 Å². The van der Waals surface area contributed by atoms with E-state index in [1.165, 1.54) is 79.8 Å². The van der Waals surface area contributed by atoms with Crippen molar-refractivity contribution in [3.8, 4) is 0 Å². The fourth-order valence-electron chi connectivity index (χ4n) is 4.22. The van der Waals surface area contributed by atoms with Gasteiger partial charge >= 0.3 is 0 Å². The summed E-state index contributed by atoms with van der Waals surface area (Å²) in [5, 5.41) is 22.7. The van der Waals surface area contributed by atoms with Crippen LogP contribution in [0.15, 0.2) is 145 Å². The van der Waals surface area contributed by atoms with Gasteiger partial charge in [0.2, 0.25) is 0 Å². The van der Waals surface area contributed by atoms with Crippen molar-refractivity contribution in [2.45, 2.75) is 34.1 Å². The molecule has 4 aromatic rings. The average molecular weight is 719 g/mol. The van der Waals surface area contributed by atoms with E-state index in [0.717, 1.165) is 0 Å². The number of carbonyl (C=O) groups excluding carboxylic acids is 2. The molecule has 0 amide bonds. The van der Waals surface area contributed by atoms with Gasteiger partial charge in [0, 0.05) is 32.6 Å². The number of aliphatic hydroxyl groups excluding tert-OH is 2. The number of aliphatic hydroxyl groups is 2. The van der Waals surface area contributed by atoms with Crippen LogP contribution in [0.2, 0.25) is 0 Å². The second kappa shape index (κ2) is 22.3. The van der Waals surface area contributed by atoms with Gasteiger partial charge < -0.3 is 10.2 Å². The monoisotopic (exact) mass is 718 g/mol. The van der Waals surface area contributed by atoms with Gasteiger partial charge in [-0.15, -0.1) is 0 Å². The molecule has 2 N–H and O–H groups in total. The molecule has 0 aliphatic rings. The number of ketones is 2. The van der Waals surface area contributed by atoms with Gasteiger partial charge in [-0.05, 0) is 83.5 Å². The summed E-state index contributed by atoms with van der Waals surface area (Å²) < 4.78 is 0. The van der Waals surface area contributed by atoms with Crippen LogP contribution >= 0.6 is 15.8 Å². The quantitative estimate of drug-likeness (QED) is 0.0763. The number of allylic oxidation sites excluding steroid dienone is 4. The molecule has 4 rings (SSSR count). The Bertz CT molecular complexity index is 1230. The van der Waals surface area contributed by atoms with E-state index in [-0.39, 0.29) is 59.4 Å². The summed E-state index contributed by atoms with van der Waals surface area (Å²) in [7, 11) is -0.618. The average Bonchev–Trinajstić information content (AvgIpc) is 2.98. The predicted molar refractivity (Wildman–Crippen MR) is 187 cm³/mol. The van der Waals surface area contributed by atoms with Crippen LogP contribution in [-0.4, -0.2) is 34.1 Å². The molecule has 0 spiro atoms. The first-order valence-electron chi connectivity index (χ1n) is 14.2. The van der Waals surface area contributed by atoms with Gasteiger partial charge in [0.15, 0.2) is 11.6 Å². The molecule has 7 heteroatoms. The molecule has 0 fully saturated rings. The Labute approximate surface area is 279 Å². The van der Waals surface area contributed by atoms with E-state index in [1.807, 2.05) is 0 Å². The molecular formula is C37H42O4P2Pd. The first kappa shape index (κ1) is 38.8. The molecule has 0 aromatic heterocycles. The molecule has 234 valence electrons. The Morgan fingerprint density at radius 1 is 0.500 bits per heavy atom. The Hall–Kier alpha value is -3.18. The first-order chi connectivity index (χ1) is 20.7. The number of benzene rings is 4. The van der Waals surface area contributed by atoms with Crippen LogP contribution in [0.1, 0.15) is 34.1 Å². The van der Waals surface area contributed by atoms with E-state index in [9.17, 15) is 9.59 Å². The molecule has 0 bridgehead atoms. The van der Waals surface area contributed by atoms with Crippen molar-refractivity contribution >= 4 is 48.6 Å². The molecular weight excluding hydrogens is 677 g/mol. The zero-order valence-electron chi connectivity index (χ0n) is 25.7. The minimum Gasteiger partial charge on any atom is -0.512 e. The molecule has 0 saturated heterocycles. The zero-order valence-corrected chi connectivity index (χ0v) is 29.1. The fourth-order valence-corrected chi connectivity index (χ4v) is 9.18. The van der Waals surface area contributed by atoms with E-state index in [4.69, 9.17) is 10.2 Å². The van der Waals surface area contributed by atoms with Crippen molar-refractivity contribution in [1.29, 1.82) is 0 Å². The van der Waals surface area contributed by atoms with Gasteiger partial charge in [-0.1, -0.05) is 121 Å². The van der Waals surface area contributed by atoms with E-state index >= 15 is 0 Å². The second-order valence-electron chi connectivity index (χ2n) is 9.79. The van der Waals surface area contributed by atoms with Crippen molar-refractivity contribution < 1.29 is 40.2 Å². The molecule has 0 heterocycles. The van der Waals surface area contributed by atoms with Crippen molar-refractivity contribution in [2.75, 3.05) is 12.3 Å². The Morgan fingerprint density at radius 2 is 0.727 bits per heavy atom. The molecule has 4 aromatic carbocycles. The molecule has 0 saturated carbocycles. The summed E-state index contributed by atoms with van der Waals surface area (Å²) in [5.74, 6) is -0.125. The van der Waals surface area contributed by atoms with Crippen LogP contribution in [0.5, 0.6) is 0 Å². The maximum Gasteiger partial charge on any atom is 0.155 e. The predicted octanol–water partition coefficient (Wildman–Crippen LogP) is 7.71. The summed E-state index contributed by atoms with van der Waals surface area (Å²) in [5.41, 5.74) is 0. The van der Waals surface area contributed by atoms with Crippen LogP contribution in [0.3, 0.4) is 0 Å². The number of carbonyl (C=O) groups is 2. The van der Waals surface area contributed by atoms with Crippen LogP contribution in [0.4, 0.5) is 0 Å². The summed E-state index contributed by atoms with van der Waals surface area (Å²) in [4.78, 5) is 20.0. The molecule has 0 atom stereocenters. The number of hydrogen-bond donors (Lipinski definition) is 2. The van der Waals surface area contributed by atoms with Gasteiger partial charge in [-0.3, -0.25) is 9.59 Å². The maximum atomic E-state index is 10.0. The van der Waals surface area contributed by atoms with Crippen molar-refractivity contribution in [2.24, 2.45) is 0 Å². The Balaban J connectivity index is 0.000000541. The van der Waals surface area contributed by atoms with E-state index in [1.54, 1.807) is 0 Å². The third-order valence-corrected chi connectivity index (χ3v) is 11.1. The van der Waals surface area contributed by atoms with E-state index < -0.39 is 0 Å². The number of rotatable bonds is 10. The summed E-state index contributed by atoms with van der Waals surface area (Å²) in [6, 6.07) is 44.3. The van der Waals surface area contributed by atoms with E-state index in [2.05, 4.69) is 121 Å². The normalized spacial score (nSPS) is 11.0. The third-order valence-electron chi connectivity index (χ3n) is 5.86. The SMILES string of the molecule is CC(=O)/C=C(/C)O.CC(=O)/C=C(/C)O.[Pd].c1ccc(P(CCCP(c2ccccc2)c2ccccc2)c2ccccc2)cc1. The largest absolute Gasteiger partial charge is 0.512 e. The summed E-state index contributed by atoms with van der Waals surface area (Å²) >= 11 is 0. The topological polar surface area (TPSA) is 74.6 Å². The van der Waals surface area contributed by atoms with Crippen LogP contribution < -0.4 is 21.2 Å². The molecule has 4 nitrogen and oxygen atoms in total. The van der Waals surface area contributed by atoms with Gasteiger partial charge in [0.25, 0.3) is 0 Å². The number of hydrogen-bond acceptors (Lipinski definition) is 4. The maximum absolute atomic E-state index is 10.0. The molecule has 0 unspecified atom stereocenters. The Morgan fingerprint density at radius 3 is 0.886 bits per heavy atom. The summed E-state index contributed by atoms with van der Waals surface area (Å²) in [6.07, 6.45) is 6.05. The van der Waals surface area contributed by atoms with Crippen LogP contribution in [-0.2, 0) is 30.0 Å². The fraction of sp³-hybridized carbons (Fsp3) is 0.189. The minimum absolute atomic E-state index is 0. The first-order valence-corrected chi connectivity index (χ1v) is 17.2. The smallest absolute Gasteiger partial charge is 0.155 e. The molecule has 0 aliphatic carbocycles. The second-order valence-corrected chi connectivity index (χ2v) is 14.5. The van der Waals surface area contributed by atoms with Crippen molar-refractivity contribution in [1.82, 2.24) is 0 Å². The van der Waals surface area contributed by atoms with E-state index in [0.29, 0.717) is 0 Å².